The number of nitrogens with zero attached hydrogens (tertiary/aromatic N) is 8. The Hall–Kier alpha value is -3.96. The van der Waals surface area contributed by atoms with Crippen LogP contribution in [0.25, 0.3) is 22.3 Å². The van der Waals surface area contributed by atoms with Crippen LogP contribution in [0.5, 0.6) is 0 Å². The quantitative estimate of drug-likeness (QED) is 0.318. The third kappa shape index (κ3) is 2.27. The molecule has 0 unspecified atom stereocenters. The first-order valence-corrected chi connectivity index (χ1v) is 6.50. The molecular formula is C12H6N8O4. The lowest BCUT2D eigenvalue weighted by Gasteiger charge is -2.02. The van der Waals surface area contributed by atoms with Gasteiger partial charge in [0.1, 0.15) is 11.0 Å². The highest BCUT2D eigenvalue weighted by Crippen LogP contribution is 2.05. The van der Waals surface area contributed by atoms with Crippen molar-refractivity contribution in [2.45, 2.75) is 0 Å². The zero-order valence-electron chi connectivity index (χ0n) is 11.7. The van der Waals surface area contributed by atoms with Crippen molar-refractivity contribution in [1.82, 2.24) is 40.3 Å². The highest BCUT2D eigenvalue weighted by Gasteiger charge is 2.24. The van der Waals surface area contributed by atoms with E-state index in [2.05, 4.69) is 30.6 Å². The van der Waals surface area contributed by atoms with Crippen LogP contribution in [0.3, 0.4) is 0 Å². The minimum absolute atomic E-state index is 0.173. The second-order valence-corrected chi connectivity index (χ2v) is 4.37. The zero-order chi connectivity index (χ0) is 16.5. The monoisotopic (exact) mass is 326 g/mol. The van der Waals surface area contributed by atoms with Crippen LogP contribution >= 0.6 is 0 Å². The number of fused-ring (bicyclic) bond motifs is 2. The van der Waals surface area contributed by atoms with Crippen LogP contribution in [-0.2, 0) is 9.59 Å². The Morgan fingerprint density at radius 3 is 1.71 bits per heavy atom. The van der Waals surface area contributed by atoms with Crippen molar-refractivity contribution in [3.8, 4) is 0 Å². The van der Waals surface area contributed by atoms with Gasteiger partial charge in [-0.15, -0.1) is 10.2 Å². The average Bonchev–Trinajstić information content (AvgIpc) is 3.20. The largest absolute Gasteiger partial charge is 0.445 e. The average molecular weight is 326 g/mol. The smallest absolute Gasteiger partial charge is 0.304 e. The van der Waals surface area contributed by atoms with Gasteiger partial charge in [0, 0.05) is 12.4 Å². The van der Waals surface area contributed by atoms with Crippen molar-refractivity contribution in [3.05, 3.63) is 36.7 Å². The molecule has 0 spiro atoms. The molecule has 0 fully saturated rings. The Bertz CT molecular complexity index is 985. The number of carbonyl (C=O) groups is 2. The molecule has 12 heteroatoms. The van der Waals surface area contributed by atoms with Crippen LogP contribution in [0, 0.1) is 0 Å². The molecule has 4 aromatic heterocycles. The van der Waals surface area contributed by atoms with Crippen molar-refractivity contribution in [1.29, 1.82) is 0 Å². The Morgan fingerprint density at radius 1 is 0.792 bits per heavy atom. The minimum Gasteiger partial charge on any atom is -0.304 e. The molecule has 4 heterocycles. The molecule has 0 aliphatic heterocycles. The predicted molar refractivity (Wildman–Crippen MR) is 73.8 cm³/mol. The third-order valence-corrected chi connectivity index (χ3v) is 2.87. The maximum atomic E-state index is 11.8. The summed E-state index contributed by atoms with van der Waals surface area (Å²) in [5.41, 5.74) is 1.13. The van der Waals surface area contributed by atoms with E-state index in [9.17, 15) is 9.59 Å². The van der Waals surface area contributed by atoms with Crippen molar-refractivity contribution in [2.24, 2.45) is 0 Å². The molecule has 0 saturated heterocycles. The van der Waals surface area contributed by atoms with Crippen LogP contribution in [0.4, 0.5) is 0 Å². The zero-order valence-corrected chi connectivity index (χ0v) is 11.7. The van der Waals surface area contributed by atoms with Crippen LogP contribution in [-0.4, -0.2) is 52.2 Å². The maximum Gasteiger partial charge on any atom is 0.445 e. The lowest BCUT2D eigenvalue weighted by atomic mass is 10.4. The molecule has 12 nitrogen and oxygen atoms in total. The molecule has 4 rings (SSSR count). The molecule has 0 aromatic carbocycles. The van der Waals surface area contributed by atoms with Crippen molar-refractivity contribution in [3.63, 3.8) is 0 Å². The topological polar surface area (TPSA) is 140 Å². The first kappa shape index (κ1) is 13.7. The van der Waals surface area contributed by atoms with E-state index in [0.29, 0.717) is 11.0 Å². The number of aromatic nitrogens is 8. The van der Waals surface area contributed by atoms with Crippen molar-refractivity contribution >= 4 is 34.3 Å². The molecule has 0 aliphatic rings. The maximum absolute atomic E-state index is 11.8. The number of hydrogen-bond donors (Lipinski definition) is 0. The van der Waals surface area contributed by atoms with Gasteiger partial charge in [-0.3, -0.25) is 0 Å². The summed E-state index contributed by atoms with van der Waals surface area (Å²) >= 11 is 0. The fraction of sp³-hybridized carbons (Fsp3) is 0. The molecule has 0 radical (unpaired) electrons. The summed E-state index contributed by atoms with van der Waals surface area (Å²) in [6.07, 6.45) is 2.92. The summed E-state index contributed by atoms with van der Waals surface area (Å²) in [4.78, 5) is 42.5. The van der Waals surface area contributed by atoms with Gasteiger partial charge in [0.05, 0.1) is 0 Å². The molecule has 0 atom stereocenters. The summed E-state index contributed by atoms with van der Waals surface area (Å²) < 4.78 is 0. The van der Waals surface area contributed by atoms with Gasteiger partial charge in [-0.1, -0.05) is 0 Å². The minimum atomic E-state index is -1.34. The van der Waals surface area contributed by atoms with E-state index < -0.39 is 11.9 Å². The molecule has 0 bridgehead atoms. The normalized spacial score (nSPS) is 10.8. The summed E-state index contributed by atoms with van der Waals surface area (Å²) in [6.45, 7) is 0. The molecule has 0 N–H and O–H groups in total. The Labute approximate surface area is 131 Å². The summed E-state index contributed by atoms with van der Waals surface area (Å²) in [5.74, 6) is -2.68. The standard InChI is InChI=1S/C12H6N8O4/c21-11(23-19-9-7(15-17-19)3-1-5-13-9)12(22)24-20-10-8(16-18-20)4-2-6-14-10/h1-6H. The van der Waals surface area contributed by atoms with Crippen molar-refractivity contribution < 1.29 is 19.3 Å². The molecule has 0 amide bonds. The fourth-order valence-electron chi connectivity index (χ4n) is 1.84. The number of rotatable bonds is 2. The van der Waals surface area contributed by atoms with E-state index in [0.717, 1.165) is 9.69 Å². The van der Waals surface area contributed by atoms with Crippen LogP contribution in [0.1, 0.15) is 0 Å². The number of carbonyl (C=O) groups excluding carboxylic acids is 2. The van der Waals surface area contributed by atoms with Crippen LogP contribution in [0.15, 0.2) is 36.7 Å². The highest BCUT2D eigenvalue weighted by atomic mass is 16.8. The fourth-order valence-corrected chi connectivity index (χ4v) is 1.84. The van der Waals surface area contributed by atoms with Gasteiger partial charge in [-0.05, 0) is 44.4 Å². The molecule has 4 aromatic rings. The van der Waals surface area contributed by atoms with Gasteiger partial charge >= 0.3 is 11.9 Å². The van der Waals surface area contributed by atoms with E-state index in [1.807, 2.05) is 0 Å². The molecule has 24 heavy (non-hydrogen) atoms. The summed E-state index contributed by atoms with van der Waals surface area (Å²) in [5, 5.41) is 14.6. The third-order valence-electron chi connectivity index (χ3n) is 2.87. The Morgan fingerprint density at radius 2 is 1.25 bits per heavy atom. The Kier molecular flexibility index (Phi) is 3.05. The second-order valence-electron chi connectivity index (χ2n) is 4.37. The summed E-state index contributed by atoms with van der Waals surface area (Å²) in [7, 11) is 0. The molecular weight excluding hydrogens is 320 g/mol. The number of hydrogen-bond acceptors (Lipinski definition) is 10. The van der Waals surface area contributed by atoms with E-state index in [4.69, 9.17) is 9.68 Å². The number of pyridine rings is 2. The van der Waals surface area contributed by atoms with Gasteiger partial charge in [0.15, 0.2) is 0 Å². The molecule has 118 valence electrons. The van der Waals surface area contributed by atoms with Gasteiger partial charge in [0.25, 0.3) is 0 Å². The predicted octanol–water partition coefficient (Wildman–Crippen LogP) is -1.42. The van der Waals surface area contributed by atoms with E-state index in [1.54, 1.807) is 24.3 Å². The first-order chi connectivity index (χ1) is 11.7. The van der Waals surface area contributed by atoms with Crippen molar-refractivity contribution in [2.75, 3.05) is 0 Å². The van der Waals surface area contributed by atoms with E-state index >= 15 is 0 Å². The second kappa shape index (κ2) is 5.35. The molecule has 0 saturated carbocycles. The highest BCUT2D eigenvalue weighted by molar-refractivity contribution is 6.30. The lowest BCUT2D eigenvalue weighted by Crippen LogP contribution is -2.35. The van der Waals surface area contributed by atoms with Gasteiger partial charge in [0.2, 0.25) is 11.3 Å². The van der Waals surface area contributed by atoms with Crippen LogP contribution in [0.2, 0.25) is 0 Å². The molecule has 0 aliphatic carbocycles. The lowest BCUT2D eigenvalue weighted by molar-refractivity contribution is -0.169. The van der Waals surface area contributed by atoms with Crippen LogP contribution < -0.4 is 9.68 Å². The van der Waals surface area contributed by atoms with Gasteiger partial charge < -0.3 is 9.68 Å². The van der Waals surface area contributed by atoms with Gasteiger partial charge in [-0.25, -0.2) is 19.6 Å². The summed E-state index contributed by atoms with van der Waals surface area (Å²) in [6, 6.07) is 6.51. The van der Waals surface area contributed by atoms with E-state index in [1.165, 1.54) is 12.4 Å². The Balaban J connectivity index is 1.53. The van der Waals surface area contributed by atoms with E-state index in [-0.39, 0.29) is 11.3 Å². The SMILES string of the molecule is O=C(On1nnc2cccnc21)C(=O)On1nnc2cccnc21. The first-order valence-electron chi connectivity index (χ1n) is 6.50. The van der Waals surface area contributed by atoms with Gasteiger partial charge in [-0.2, -0.15) is 0 Å².